The van der Waals surface area contributed by atoms with Crippen LogP contribution < -0.4 is 5.14 Å². The van der Waals surface area contributed by atoms with Crippen LogP contribution in [0.2, 0.25) is 5.02 Å². The average molecular weight is 249 g/mol. The van der Waals surface area contributed by atoms with Gasteiger partial charge in [0.25, 0.3) is 0 Å². The molecule has 0 fully saturated rings. The van der Waals surface area contributed by atoms with E-state index in [0.29, 0.717) is 17.1 Å². The highest BCUT2D eigenvalue weighted by Gasteiger charge is 2.14. The molecule has 6 heteroatoms. The molecule has 1 rings (SSSR count). The molecule has 0 heterocycles. The maximum absolute atomic E-state index is 11.3. The van der Waals surface area contributed by atoms with Crippen LogP contribution in [0.25, 0.3) is 0 Å². The van der Waals surface area contributed by atoms with E-state index < -0.39 is 10.0 Å². The van der Waals surface area contributed by atoms with Crippen molar-refractivity contribution in [3.05, 3.63) is 28.8 Å². The quantitative estimate of drug-likeness (QED) is 0.870. The molecule has 2 N–H and O–H groups in total. The lowest BCUT2D eigenvalue weighted by molar-refractivity contribution is 0.398. The van der Waals surface area contributed by atoms with Gasteiger partial charge in [0, 0.05) is 11.6 Å². The Morgan fingerprint density at radius 2 is 2.00 bits per heavy atom. The summed E-state index contributed by atoms with van der Waals surface area (Å²) in [5, 5.41) is 5.46. The van der Waals surface area contributed by atoms with Crippen molar-refractivity contribution >= 4 is 21.6 Å². The molecule has 0 atom stereocenters. The topological polar surface area (TPSA) is 63.4 Å². The van der Waals surface area contributed by atoms with E-state index in [1.54, 1.807) is 12.1 Å². The molecule has 0 unspecified atom stereocenters. The van der Waals surface area contributed by atoms with Crippen LogP contribution in [-0.4, -0.2) is 27.4 Å². The number of nitrogens with two attached hydrogens (primary N) is 1. The Balaban J connectivity index is 3.27. The SMILES string of the molecule is CN(C)Cc1ccc(Cl)cc1S(N)(=O)=O. The predicted molar refractivity (Wildman–Crippen MR) is 60.2 cm³/mol. The van der Waals surface area contributed by atoms with Gasteiger partial charge in [-0.15, -0.1) is 0 Å². The van der Waals surface area contributed by atoms with Crippen molar-refractivity contribution in [1.82, 2.24) is 4.90 Å². The number of hydrogen-bond donors (Lipinski definition) is 1. The van der Waals surface area contributed by atoms with E-state index >= 15 is 0 Å². The summed E-state index contributed by atoms with van der Waals surface area (Å²) in [5.41, 5.74) is 0.645. The largest absolute Gasteiger partial charge is 0.305 e. The number of rotatable bonds is 3. The van der Waals surface area contributed by atoms with Crippen LogP contribution in [0.15, 0.2) is 23.1 Å². The first-order valence-electron chi connectivity index (χ1n) is 4.26. The molecule has 15 heavy (non-hydrogen) atoms. The molecule has 4 nitrogen and oxygen atoms in total. The first kappa shape index (κ1) is 12.4. The zero-order valence-corrected chi connectivity index (χ0v) is 10.1. The average Bonchev–Trinajstić information content (AvgIpc) is 2.05. The van der Waals surface area contributed by atoms with E-state index in [4.69, 9.17) is 16.7 Å². The normalized spacial score (nSPS) is 12.1. The summed E-state index contributed by atoms with van der Waals surface area (Å²) in [4.78, 5) is 1.95. The molecular weight excluding hydrogens is 236 g/mol. The predicted octanol–water partition coefficient (Wildman–Crippen LogP) is 1.05. The molecule has 0 aliphatic carbocycles. The van der Waals surface area contributed by atoms with Gasteiger partial charge >= 0.3 is 0 Å². The zero-order valence-electron chi connectivity index (χ0n) is 8.57. The van der Waals surface area contributed by atoms with Crippen molar-refractivity contribution in [2.24, 2.45) is 5.14 Å². The van der Waals surface area contributed by atoms with Crippen LogP contribution in [0.1, 0.15) is 5.56 Å². The van der Waals surface area contributed by atoms with Gasteiger partial charge < -0.3 is 4.90 Å². The molecule has 0 spiro atoms. The number of sulfonamides is 1. The van der Waals surface area contributed by atoms with E-state index in [-0.39, 0.29) is 4.90 Å². The summed E-state index contributed by atoms with van der Waals surface area (Å²) in [7, 11) is -0.0152. The highest BCUT2D eigenvalue weighted by Crippen LogP contribution is 2.20. The highest BCUT2D eigenvalue weighted by molar-refractivity contribution is 7.89. The van der Waals surface area contributed by atoms with E-state index in [1.165, 1.54) is 6.07 Å². The Morgan fingerprint density at radius 3 is 2.47 bits per heavy atom. The number of benzene rings is 1. The third kappa shape index (κ3) is 3.46. The second-order valence-corrected chi connectivity index (χ2v) is 5.50. The molecular formula is C9H13ClN2O2S. The fraction of sp³-hybridized carbons (Fsp3) is 0.333. The maximum atomic E-state index is 11.3. The van der Waals surface area contributed by atoms with E-state index in [1.807, 2.05) is 19.0 Å². The third-order valence-corrected chi connectivity index (χ3v) is 3.05. The number of hydrogen-bond acceptors (Lipinski definition) is 3. The molecule has 1 aromatic carbocycles. The van der Waals surface area contributed by atoms with Gasteiger partial charge in [-0.05, 0) is 31.8 Å². The van der Waals surface area contributed by atoms with Crippen LogP contribution >= 0.6 is 11.6 Å². The molecule has 0 saturated heterocycles. The highest BCUT2D eigenvalue weighted by atomic mass is 35.5. The molecule has 0 aromatic heterocycles. The lowest BCUT2D eigenvalue weighted by atomic mass is 10.2. The van der Waals surface area contributed by atoms with E-state index in [9.17, 15) is 8.42 Å². The Labute approximate surface area is 94.7 Å². The Morgan fingerprint density at radius 1 is 1.40 bits per heavy atom. The van der Waals surface area contributed by atoms with Crippen molar-refractivity contribution < 1.29 is 8.42 Å². The summed E-state index contributed by atoms with van der Waals surface area (Å²) in [6, 6.07) is 4.69. The number of halogens is 1. The fourth-order valence-electron chi connectivity index (χ4n) is 1.26. The minimum absolute atomic E-state index is 0.0868. The minimum atomic E-state index is -3.71. The van der Waals surface area contributed by atoms with Crippen LogP contribution in [0.3, 0.4) is 0 Å². The molecule has 0 aliphatic rings. The smallest absolute Gasteiger partial charge is 0.238 e. The van der Waals surface area contributed by atoms with Gasteiger partial charge in [0.2, 0.25) is 10.0 Å². The summed E-state index contributed by atoms with van der Waals surface area (Å²) in [6.45, 7) is 0.503. The van der Waals surface area contributed by atoms with Gasteiger partial charge in [-0.25, -0.2) is 13.6 Å². The van der Waals surface area contributed by atoms with Crippen LogP contribution in [0.5, 0.6) is 0 Å². The van der Waals surface area contributed by atoms with Gasteiger partial charge in [-0.2, -0.15) is 0 Å². The second kappa shape index (κ2) is 4.49. The molecule has 0 radical (unpaired) electrons. The first-order chi connectivity index (χ1) is 6.80. The van der Waals surface area contributed by atoms with Crippen molar-refractivity contribution in [2.45, 2.75) is 11.4 Å². The van der Waals surface area contributed by atoms with Gasteiger partial charge in [-0.3, -0.25) is 0 Å². The Bertz CT molecular complexity index is 457. The van der Waals surface area contributed by atoms with Crippen molar-refractivity contribution in [3.8, 4) is 0 Å². The lowest BCUT2D eigenvalue weighted by Gasteiger charge is -2.13. The van der Waals surface area contributed by atoms with Crippen molar-refractivity contribution in [3.63, 3.8) is 0 Å². The monoisotopic (exact) mass is 248 g/mol. The maximum Gasteiger partial charge on any atom is 0.238 e. The van der Waals surface area contributed by atoms with Crippen LogP contribution in [-0.2, 0) is 16.6 Å². The molecule has 84 valence electrons. The second-order valence-electron chi connectivity index (χ2n) is 3.53. The fourth-order valence-corrected chi connectivity index (χ4v) is 2.29. The summed E-state index contributed by atoms with van der Waals surface area (Å²) in [6.07, 6.45) is 0. The number of nitrogens with zero attached hydrogens (tertiary/aromatic N) is 1. The van der Waals surface area contributed by atoms with Gasteiger partial charge in [0.15, 0.2) is 0 Å². The molecule has 0 aliphatic heterocycles. The standard InChI is InChI=1S/C9H13ClN2O2S/c1-12(2)6-7-3-4-8(10)5-9(7)15(11,13)14/h3-5H,6H2,1-2H3,(H2,11,13,14). The molecule has 1 aromatic rings. The molecule has 0 amide bonds. The zero-order chi connectivity index (χ0) is 11.6. The molecule has 0 bridgehead atoms. The Kier molecular flexibility index (Phi) is 3.72. The van der Waals surface area contributed by atoms with E-state index in [2.05, 4.69) is 0 Å². The summed E-state index contributed by atoms with van der Waals surface area (Å²) in [5.74, 6) is 0. The third-order valence-electron chi connectivity index (χ3n) is 1.82. The Hall–Kier alpha value is -0.620. The lowest BCUT2D eigenvalue weighted by Crippen LogP contribution is -2.18. The summed E-state index contributed by atoms with van der Waals surface area (Å²) >= 11 is 5.73. The van der Waals surface area contributed by atoms with Crippen LogP contribution in [0, 0.1) is 0 Å². The summed E-state index contributed by atoms with van der Waals surface area (Å²) < 4.78 is 22.6. The molecule has 0 saturated carbocycles. The minimum Gasteiger partial charge on any atom is -0.305 e. The number of primary sulfonamides is 1. The van der Waals surface area contributed by atoms with E-state index in [0.717, 1.165) is 0 Å². The van der Waals surface area contributed by atoms with Gasteiger partial charge in [0.1, 0.15) is 0 Å². The van der Waals surface area contributed by atoms with Crippen molar-refractivity contribution in [1.29, 1.82) is 0 Å². The van der Waals surface area contributed by atoms with Gasteiger partial charge in [-0.1, -0.05) is 17.7 Å². The first-order valence-corrected chi connectivity index (χ1v) is 6.19. The van der Waals surface area contributed by atoms with Crippen molar-refractivity contribution in [2.75, 3.05) is 14.1 Å². The van der Waals surface area contributed by atoms with Gasteiger partial charge in [0.05, 0.1) is 4.90 Å². The van der Waals surface area contributed by atoms with Crippen LogP contribution in [0.4, 0.5) is 0 Å².